The molecular weight excluding hydrogens is 472 g/mol. The number of pyridine rings is 1. The molecule has 0 radical (unpaired) electrons. The summed E-state index contributed by atoms with van der Waals surface area (Å²) in [6.45, 7) is 5.22. The molecule has 2 heterocycles. The first kappa shape index (κ1) is 26.1. The minimum atomic E-state index is -1.05. The Morgan fingerprint density at radius 3 is 2.50 bits per heavy atom. The summed E-state index contributed by atoms with van der Waals surface area (Å²) in [5, 5.41) is 13.4. The maximum absolute atomic E-state index is 12.3. The number of benzene rings is 1. The van der Waals surface area contributed by atoms with Crippen LogP contribution in [0.3, 0.4) is 0 Å². The molecule has 4 N–H and O–H groups in total. The van der Waals surface area contributed by atoms with Crippen LogP contribution in [0, 0.1) is 0 Å². The molecule has 2 aromatic heterocycles. The van der Waals surface area contributed by atoms with Crippen molar-refractivity contribution < 1.29 is 27.9 Å². The number of azo groups is 1. The average Bonchev–Trinajstić information content (AvgIpc) is 3.19. The van der Waals surface area contributed by atoms with E-state index in [1.54, 1.807) is 25.2 Å². The van der Waals surface area contributed by atoms with E-state index in [1.807, 2.05) is 20.8 Å². The molecule has 0 aliphatic carbocycles. The van der Waals surface area contributed by atoms with Gasteiger partial charge in [0.1, 0.15) is 17.2 Å². The lowest BCUT2D eigenvalue weighted by Crippen LogP contribution is -2.25. The molecule has 13 nitrogen and oxygen atoms in total. The highest BCUT2D eigenvalue weighted by Gasteiger charge is 2.27. The predicted octanol–water partition coefficient (Wildman–Crippen LogP) is 3.80. The Morgan fingerprint density at radius 1 is 1.08 bits per heavy atom. The van der Waals surface area contributed by atoms with Crippen LogP contribution in [-0.4, -0.2) is 30.6 Å². The van der Waals surface area contributed by atoms with Crippen LogP contribution in [-0.2, 0) is 21.6 Å². The number of nitrogens with one attached hydrogen (secondary N) is 2. The van der Waals surface area contributed by atoms with E-state index in [-0.39, 0.29) is 59.3 Å². The van der Waals surface area contributed by atoms with Crippen LogP contribution in [0.1, 0.15) is 32.3 Å². The minimum Gasteiger partial charge on any atom is -0.426 e. The number of rotatable bonds is 8. The highest BCUT2D eigenvalue weighted by Crippen LogP contribution is 2.31. The Bertz CT molecular complexity index is 1320. The molecule has 0 aliphatic heterocycles. The molecule has 1 aromatic carbocycles. The second-order valence-corrected chi connectivity index (χ2v) is 8.44. The number of nitrogens with zero attached hydrogens (tertiary/aromatic N) is 3. The molecule has 190 valence electrons. The number of aromatic nitrogens is 1. The quantitative estimate of drug-likeness (QED) is 0.234. The zero-order valence-electron chi connectivity index (χ0n) is 20.2. The van der Waals surface area contributed by atoms with Crippen molar-refractivity contribution in [2.24, 2.45) is 10.2 Å². The number of carbonyl (C=O) groups is 2. The van der Waals surface area contributed by atoms with Crippen LogP contribution in [0.5, 0.6) is 5.75 Å². The normalized spacial score (nSPS) is 11.4. The molecule has 0 atom stereocenters. The molecule has 0 fully saturated rings. The van der Waals surface area contributed by atoms with Crippen molar-refractivity contribution in [1.82, 2.24) is 10.3 Å². The second kappa shape index (κ2) is 11.3. The van der Waals surface area contributed by atoms with Gasteiger partial charge in [0, 0.05) is 5.41 Å². The summed E-state index contributed by atoms with van der Waals surface area (Å²) >= 11 is 0. The van der Waals surface area contributed by atoms with Gasteiger partial charge in [-0.3, -0.25) is 4.79 Å². The topological polar surface area (TPSA) is 184 Å². The third-order valence-electron chi connectivity index (χ3n) is 4.48. The summed E-state index contributed by atoms with van der Waals surface area (Å²) in [7, 11) is 1.65. The second-order valence-electron chi connectivity index (χ2n) is 8.44. The van der Waals surface area contributed by atoms with E-state index in [2.05, 4.69) is 25.8 Å². The fourth-order valence-electron chi connectivity index (χ4n) is 2.92. The fourth-order valence-corrected chi connectivity index (χ4v) is 2.92. The van der Waals surface area contributed by atoms with Crippen LogP contribution in [0.2, 0.25) is 0 Å². The van der Waals surface area contributed by atoms with Gasteiger partial charge in [-0.05, 0) is 31.3 Å². The summed E-state index contributed by atoms with van der Waals surface area (Å²) in [6.07, 6.45) is -1.05. The number of hydrogen-bond donors (Lipinski definition) is 3. The third-order valence-corrected chi connectivity index (χ3v) is 4.48. The first-order valence-electron chi connectivity index (χ1n) is 10.8. The maximum Gasteiger partial charge on any atom is 0.519 e. The molecule has 0 unspecified atom stereocenters. The lowest BCUT2D eigenvalue weighted by atomic mass is 9.92. The molecule has 36 heavy (non-hydrogen) atoms. The van der Waals surface area contributed by atoms with Gasteiger partial charge in [0.05, 0.1) is 6.54 Å². The van der Waals surface area contributed by atoms with Gasteiger partial charge in [-0.1, -0.05) is 32.9 Å². The molecule has 0 aliphatic rings. The molecule has 13 heteroatoms. The first-order valence-corrected chi connectivity index (χ1v) is 10.8. The van der Waals surface area contributed by atoms with E-state index >= 15 is 0 Å². The number of hydrogen-bond acceptors (Lipinski definition) is 12. The highest BCUT2D eigenvalue weighted by molar-refractivity contribution is 5.91. The van der Waals surface area contributed by atoms with E-state index in [9.17, 15) is 14.4 Å². The number of ether oxygens (including phenoxy) is 2. The number of nitrogen functional groups attached to an aromatic ring is 1. The summed E-state index contributed by atoms with van der Waals surface area (Å²) < 4.78 is 20.3. The van der Waals surface area contributed by atoms with Crippen molar-refractivity contribution in [2.75, 3.05) is 24.6 Å². The van der Waals surface area contributed by atoms with Crippen molar-refractivity contribution in [3.05, 3.63) is 58.5 Å². The summed E-state index contributed by atoms with van der Waals surface area (Å²) in [4.78, 5) is 39.5. The smallest absolute Gasteiger partial charge is 0.426 e. The molecule has 3 aromatic rings. The van der Waals surface area contributed by atoms with Crippen molar-refractivity contribution >= 4 is 35.1 Å². The van der Waals surface area contributed by atoms with Gasteiger partial charge < -0.3 is 34.7 Å². The molecule has 3 rings (SSSR count). The number of amides is 1. The maximum atomic E-state index is 12.3. The van der Waals surface area contributed by atoms with Crippen LogP contribution in [0.15, 0.2) is 60.3 Å². The van der Waals surface area contributed by atoms with Crippen molar-refractivity contribution in [3.63, 3.8) is 0 Å². The molecular formula is C23H26N6O7. The number of likely N-dealkylation sites (N-methyl/N-ethyl adjacent to an activating group) is 1. The highest BCUT2D eigenvalue weighted by atomic mass is 16.7. The van der Waals surface area contributed by atoms with Gasteiger partial charge in [-0.25, -0.2) is 14.6 Å². The molecule has 0 saturated carbocycles. The minimum absolute atomic E-state index is 0.0371. The Hall–Kier alpha value is -4.52. The van der Waals surface area contributed by atoms with E-state index in [0.717, 1.165) is 0 Å². The Labute approximate surface area is 205 Å². The van der Waals surface area contributed by atoms with Crippen LogP contribution < -0.4 is 26.9 Å². The van der Waals surface area contributed by atoms with Crippen LogP contribution in [0.4, 0.5) is 27.8 Å². The van der Waals surface area contributed by atoms with Crippen molar-refractivity contribution in [1.29, 1.82) is 0 Å². The molecule has 0 saturated heterocycles. The van der Waals surface area contributed by atoms with Crippen LogP contribution in [0.25, 0.3) is 0 Å². The molecule has 0 spiro atoms. The predicted molar refractivity (Wildman–Crippen MR) is 129 cm³/mol. The van der Waals surface area contributed by atoms with Gasteiger partial charge in [0.15, 0.2) is 29.7 Å². The largest absolute Gasteiger partial charge is 0.519 e. The zero-order chi connectivity index (χ0) is 26.3. The first-order chi connectivity index (χ1) is 17.1. The Kier molecular flexibility index (Phi) is 8.17. The van der Waals surface area contributed by atoms with Gasteiger partial charge in [0.2, 0.25) is 5.91 Å². The molecule has 0 bridgehead atoms. The van der Waals surface area contributed by atoms with E-state index in [1.165, 1.54) is 18.2 Å². The van der Waals surface area contributed by atoms with Gasteiger partial charge in [-0.2, -0.15) is 0 Å². The van der Waals surface area contributed by atoms with E-state index in [4.69, 9.17) is 24.0 Å². The van der Waals surface area contributed by atoms with E-state index in [0.29, 0.717) is 0 Å². The lowest BCUT2D eigenvalue weighted by molar-refractivity contribution is -0.115. The SMILES string of the molecule is CNCC(=O)Nc1ccc(/N=N/c2ccccc2OC(=O)OCc2oc(=O)oc2C(C)(C)C)c(N)n1. The van der Waals surface area contributed by atoms with Crippen molar-refractivity contribution in [2.45, 2.75) is 32.8 Å². The average molecular weight is 498 g/mol. The van der Waals surface area contributed by atoms with Gasteiger partial charge in [-0.15, -0.1) is 10.2 Å². The zero-order valence-corrected chi connectivity index (χ0v) is 20.2. The number of anilines is 2. The Balaban J connectivity index is 1.67. The summed E-state index contributed by atoms with van der Waals surface area (Å²) in [5.74, 6) is -0.435. The number of carbonyl (C=O) groups excluding carboxylic acids is 2. The van der Waals surface area contributed by atoms with Crippen LogP contribution >= 0.6 is 0 Å². The Morgan fingerprint density at radius 2 is 1.81 bits per heavy atom. The molecule has 1 amide bonds. The van der Waals surface area contributed by atoms with Crippen molar-refractivity contribution in [3.8, 4) is 5.75 Å². The lowest BCUT2D eigenvalue weighted by Gasteiger charge is -2.14. The number of nitrogens with two attached hydrogens (primary N) is 1. The van der Waals surface area contributed by atoms with Gasteiger partial charge in [0.25, 0.3) is 0 Å². The number of para-hydroxylation sites is 1. The summed E-state index contributed by atoms with van der Waals surface area (Å²) in [6, 6.07) is 9.42. The monoisotopic (exact) mass is 498 g/mol. The fraction of sp³-hybridized carbons (Fsp3) is 0.304. The van der Waals surface area contributed by atoms with E-state index < -0.39 is 17.4 Å². The third kappa shape index (κ3) is 6.99. The van der Waals surface area contributed by atoms with Gasteiger partial charge >= 0.3 is 12.0 Å². The standard InChI is InChI=1S/C23H26N6O7/c1-23(2,3)19-16(35-22(32)36-19)12-33-21(31)34-15-8-6-5-7-13(15)28-29-14-9-10-17(27-20(14)24)26-18(30)11-25-4/h5-10,25H,11-12H2,1-4H3,(H3,24,26,27,30)/b29-28+. The summed E-state index contributed by atoms with van der Waals surface area (Å²) in [5.41, 5.74) is 5.84.